The monoisotopic (exact) mass is 281 g/mol. The van der Waals surface area contributed by atoms with E-state index in [2.05, 4.69) is 4.84 Å². The van der Waals surface area contributed by atoms with Crippen LogP contribution in [0.1, 0.15) is 20.3 Å². The van der Waals surface area contributed by atoms with Crippen LogP contribution in [0.2, 0.25) is 0 Å². The quantitative estimate of drug-likeness (QED) is 0.257. The fraction of sp³-hybridized carbons (Fsp3) is 0.909. The number of carbonyl (C=O) groups excluding carboxylic acids is 1. The van der Waals surface area contributed by atoms with E-state index < -0.39 is 43.5 Å². The maximum Gasteiger partial charge on any atom is 0.272 e. The third kappa shape index (κ3) is 7.41. The molecule has 6 N–H and O–H groups in total. The molecule has 0 aromatic carbocycles. The van der Waals surface area contributed by atoms with Crippen LogP contribution in [0.4, 0.5) is 0 Å². The molecule has 0 spiro atoms. The van der Waals surface area contributed by atoms with Gasteiger partial charge in [-0.2, -0.15) is 0 Å². The molecule has 0 aliphatic heterocycles. The molecular weight excluding hydrogens is 258 g/mol. The van der Waals surface area contributed by atoms with Gasteiger partial charge in [-0.15, -0.1) is 0 Å². The summed E-state index contributed by atoms with van der Waals surface area (Å²) < 4.78 is 0. The third-order valence-electron chi connectivity index (χ3n) is 2.40. The van der Waals surface area contributed by atoms with E-state index >= 15 is 0 Å². The molecule has 0 bridgehead atoms. The first kappa shape index (κ1) is 18.2. The minimum atomic E-state index is -1.59. The van der Waals surface area contributed by atoms with Crippen molar-refractivity contribution in [1.29, 1.82) is 0 Å². The smallest absolute Gasteiger partial charge is 0.272 e. The van der Waals surface area contributed by atoms with Gasteiger partial charge in [0.15, 0.2) is 0 Å². The summed E-state index contributed by atoms with van der Waals surface area (Å²) in [5.41, 5.74) is 1.93. The highest BCUT2D eigenvalue weighted by Crippen LogP contribution is 2.04. The zero-order valence-electron chi connectivity index (χ0n) is 11.1. The zero-order chi connectivity index (χ0) is 15.0. The lowest BCUT2D eigenvalue weighted by atomic mass is 10.1. The molecule has 114 valence electrons. The molecule has 0 aromatic heterocycles. The number of hydrogen-bond donors (Lipinski definition) is 6. The lowest BCUT2D eigenvalue weighted by Gasteiger charge is -2.21. The molecule has 19 heavy (non-hydrogen) atoms. The van der Waals surface area contributed by atoms with Gasteiger partial charge in [-0.25, -0.2) is 5.48 Å². The molecule has 0 fully saturated rings. The highest BCUT2D eigenvalue weighted by molar-refractivity contribution is 5.79. The summed E-state index contributed by atoms with van der Waals surface area (Å²) in [4.78, 5) is 15.9. The highest BCUT2D eigenvalue weighted by Gasteiger charge is 2.25. The van der Waals surface area contributed by atoms with Crippen LogP contribution in [0, 0.1) is 5.92 Å². The molecule has 0 saturated carbocycles. The molecule has 0 aliphatic carbocycles. The van der Waals surface area contributed by atoms with Crippen LogP contribution in [-0.4, -0.2) is 69.1 Å². The summed E-state index contributed by atoms with van der Waals surface area (Å²) in [7, 11) is 0. The number of carbonyl (C=O) groups is 1. The van der Waals surface area contributed by atoms with Gasteiger partial charge >= 0.3 is 0 Å². The topological polar surface area (TPSA) is 139 Å². The van der Waals surface area contributed by atoms with Crippen LogP contribution < -0.4 is 5.48 Å². The molecule has 8 nitrogen and oxygen atoms in total. The summed E-state index contributed by atoms with van der Waals surface area (Å²) in [6.45, 7) is 2.48. The second-order valence-corrected chi connectivity index (χ2v) is 4.73. The second-order valence-electron chi connectivity index (χ2n) is 4.73. The Hall–Kier alpha value is -0.770. The van der Waals surface area contributed by atoms with E-state index in [-0.39, 0.29) is 12.3 Å². The minimum absolute atomic E-state index is 0.132. The van der Waals surface area contributed by atoms with Gasteiger partial charge in [-0.1, -0.05) is 13.8 Å². The van der Waals surface area contributed by atoms with Crippen molar-refractivity contribution < 1.29 is 35.2 Å². The van der Waals surface area contributed by atoms with E-state index in [9.17, 15) is 20.1 Å². The molecule has 1 amide bonds. The number of aliphatic hydroxyl groups is 5. The number of aliphatic hydroxyl groups excluding tert-OH is 5. The van der Waals surface area contributed by atoms with Gasteiger partial charge in [0.2, 0.25) is 0 Å². The normalized spacial score (nSPS) is 17.9. The fourth-order valence-corrected chi connectivity index (χ4v) is 1.28. The fourth-order valence-electron chi connectivity index (χ4n) is 1.28. The van der Waals surface area contributed by atoms with Crippen molar-refractivity contribution in [3.63, 3.8) is 0 Å². The van der Waals surface area contributed by atoms with E-state index in [1.807, 2.05) is 19.3 Å². The Balaban J connectivity index is 3.93. The van der Waals surface area contributed by atoms with Gasteiger partial charge in [-0.05, 0) is 12.3 Å². The van der Waals surface area contributed by atoms with Crippen LogP contribution in [-0.2, 0) is 9.63 Å². The van der Waals surface area contributed by atoms with Gasteiger partial charge in [-0.3, -0.25) is 9.63 Å². The first-order valence-corrected chi connectivity index (χ1v) is 6.04. The van der Waals surface area contributed by atoms with Crippen molar-refractivity contribution >= 4 is 5.91 Å². The van der Waals surface area contributed by atoms with Crippen molar-refractivity contribution in [2.45, 2.75) is 44.7 Å². The van der Waals surface area contributed by atoms with Crippen molar-refractivity contribution in [2.75, 3.05) is 13.2 Å². The molecule has 8 heteroatoms. The SMILES string of the molecule is CC(C)C[C@H](O)C(=O)NOCC(O)[C@@H](O)[C@@H](O)CO. The number of hydroxylamine groups is 1. The average molecular weight is 281 g/mol. The van der Waals surface area contributed by atoms with Gasteiger partial charge in [0, 0.05) is 0 Å². The number of rotatable bonds is 9. The maximum atomic E-state index is 11.3. The van der Waals surface area contributed by atoms with Gasteiger partial charge in [0.25, 0.3) is 5.91 Å². The Morgan fingerprint density at radius 2 is 1.74 bits per heavy atom. The molecule has 0 heterocycles. The Bertz CT molecular complexity index is 261. The Labute approximate surface area is 111 Å². The van der Waals surface area contributed by atoms with Crippen LogP contribution in [0.15, 0.2) is 0 Å². The average Bonchev–Trinajstić information content (AvgIpc) is 2.35. The van der Waals surface area contributed by atoms with Crippen LogP contribution in [0.25, 0.3) is 0 Å². The van der Waals surface area contributed by atoms with E-state index in [1.54, 1.807) is 0 Å². The summed E-state index contributed by atoms with van der Waals surface area (Å²) in [6.07, 6.45) is -5.53. The van der Waals surface area contributed by atoms with E-state index in [1.165, 1.54) is 0 Å². The number of hydrogen-bond acceptors (Lipinski definition) is 7. The predicted octanol–water partition coefficient (Wildman–Crippen LogP) is -2.48. The maximum absolute atomic E-state index is 11.3. The summed E-state index contributed by atoms with van der Waals surface area (Å²) in [6, 6.07) is 0. The van der Waals surface area contributed by atoms with E-state index in [0.717, 1.165) is 0 Å². The third-order valence-corrected chi connectivity index (χ3v) is 2.40. The molecule has 0 radical (unpaired) electrons. The number of nitrogens with one attached hydrogen (secondary N) is 1. The first-order valence-electron chi connectivity index (χ1n) is 6.04. The van der Waals surface area contributed by atoms with Crippen molar-refractivity contribution in [2.24, 2.45) is 5.92 Å². The lowest BCUT2D eigenvalue weighted by Crippen LogP contribution is -2.44. The highest BCUT2D eigenvalue weighted by atomic mass is 16.7. The van der Waals surface area contributed by atoms with Gasteiger partial charge in [0.05, 0.1) is 6.61 Å². The van der Waals surface area contributed by atoms with Crippen LogP contribution in [0.5, 0.6) is 0 Å². The van der Waals surface area contributed by atoms with E-state index in [4.69, 9.17) is 10.2 Å². The van der Waals surface area contributed by atoms with Crippen molar-refractivity contribution in [1.82, 2.24) is 5.48 Å². The lowest BCUT2D eigenvalue weighted by molar-refractivity contribution is -0.151. The molecule has 0 aromatic rings. The molecule has 4 atom stereocenters. The molecule has 0 saturated heterocycles. The van der Waals surface area contributed by atoms with Gasteiger partial charge in [0.1, 0.15) is 31.0 Å². The van der Waals surface area contributed by atoms with Crippen LogP contribution in [0.3, 0.4) is 0 Å². The van der Waals surface area contributed by atoms with Crippen molar-refractivity contribution in [3.8, 4) is 0 Å². The standard InChI is InChI=1S/C11H23NO7/c1-6(2)3-7(14)11(18)12-19-5-9(16)10(17)8(15)4-13/h6-10,13-17H,3-5H2,1-2H3,(H,12,18)/t7-,8-,9?,10-/m0/s1. The summed E-state index contributed by atoms with van der Waals surface area (Å²) >= 11 is 0. The van der Waals surface area contributed by atoms with Crippen LogP contribution >= 0.6 is 0 Å². The van der Waals surface area contributed by atoms with Gasteiger partial charge < -0.3 is 25.5 Å². The molecule has 1 unspecified atom stereocenters. The Kier molecular flexibility index (Phi) is 8.81. The Morgan fingerprint density at radius 1 is 1.16 bits per heavy atom. The Morgan fingerprint density at radius 3 is 2.21 bits per heavy atom. The first-order chi connectivity index (χ1) is 8.79. The summed E-state index contributed by atoms with van der Waals surface area (Å²) in [5, 5.41) is 45.7. The molecule has 0 rings (SSSR count). The predicted molar refractivity (Wildman–Crippen MR) is 64.7 cm³/mol. The molecule has 0 aliphatic rings. The minimum Gasteiger partial charge on any atom is -0.394 e. The van der Waals surface area contributed by atoms with E-state index in [0.29, 0.717) is 0 Å². The molecular formula is C11H23NO7. The number of amides is 1. The second kappa shape index (κ2) is 9.18. The van der Waals surface area contributed by atoms with Crippen molar-refractivity contribution in [3.05, 3.63) is 0 Å². The summed E-state index contributed by atoms with van der Waals surface area (Å²) in [5.74, 6) is -0.619. The largest absolute Gasteiger partial charge is 0.394 e. The zero-order valence-corrected chi connectivity index (χ0v) is 11.1.